The molecule has 1 amide bonds. The zero-order chi connectivity index (χ0) is 19.2. The topological polar surface area (TPSA) is 80.9 Å². The van der Waals surface area contributed by atoms with E-state index >= 15 is 0 Å². The van der Waals surface area contributed by atoms with E-state index in [1.54, 1.807) is 54.6 Å². The van der Waals surface area contributed by atoms with Gasteiger partial charge in [0.25, 0.3) is 5.91 Å². The first-order valence-electron chi connectivity index (χ1n) is 8.15. The van der Waals surface area contributed by atoms with Gasteiger partial charge < -0.3 is 24.3 Å². The van der Waals surface area contributed by atoms with Gasteiger partial charge in [0.15, 0.2) is 6.61 Å². The van der Waals surface area contributed by atoms with Crippen LogP contribution in [-0.2, 0) is 11.4 Å². The number of hydrogen-bond acceptors (Lipinski definition) is 5. The Labute approximate surface area is 161 Å². The van der Waals surface area contributed by atoms with Crippen LogP contribution in [0.25, 0.3) is 11.3 Å². The van der Waals surface area contributed by atoms with E-state index in [0.717, 1.165) is 5.56 Å². The van der Waals surface area contributed by atoms with E-state index in [4.69, 9.17) is 30.6 Å². The number of ether oxygens (including phenoxy) is 2. The summed E-state index contributed by atoms with van der Waals surface area (Å²) in [5.74, 6) is 1.75. The van der Waals surface area contributed by atoms with Crippen LogP contribution in [0.2, 0.25) is 5.02 Å². The summed E-state index contributed by atoms with van der Waals surface area (Å²) in [5.41, 5.74) is 1.23. The summed E-state index contributed by atoms with van der Waals surface area (Å²) < 4.78 is 16.3. The standard InChI is InChI=1S/C20H18ClNO5/c1-25-19-8-2-13(18-9-7-16(11-23)27-18)10-17(19)22-20(24)12-26-15-5-3-14(21)4-6-15/h2-10,23H,11-12H2,1H3,(H,22,24). The van der Waals surface area contributed by atoms with Crippen LogP contribution in [-0.4, -0.2) is 24.7 Å². The summed E-state index contributed by atoms with van der Waals surface area (Å²) in [6.07, 6.45) is 0. The molecule has 0 aliphatic heterocycles. The molecule has 3 aromatic rings. The molecule has 0 spiro atoms. The highest BCUT2D eigenvalue weighted by Gasteiger charge is 2.12. The fourth-order valence-electron chi connectivity index (χ4n) is 2.44. The number of anilines is 1. The predicted molar refractivity (Wildman–Crippen MR) is 102 cm³/mol. The van der Waals surface area contributed by atoms with Gasteiger partial charge in [-0.15, -0.1) is 0 Å². The molecule has 3 rings (SSSR count). The molecule has 7 heteroatoms. The highest BCUT2D eigenvalue weighted by atomic mass is 35.5. The molecule has 1 aromatic heterocycles. The first-order valence-corrected chi connectivity index (χ1v) is 8.53. The monoisotopic (exact) mass is 387 g/mol. The molecule has 0 saturated carbocycles. The number of benzene rings is 2. The van der Waals surface area contributed by atoms with Gasteiger partial charge in [-0.05, 0) is 54.6 Å². The van der Waals surface area contributed by atoms with E-state index in [1.165, 1.54) is 7.11 Å². The van der Waals surface area contributed by atoms with Crippen LogP contribution in [0.4, 0.5) is 5.69 Å². The Morgan fingerprint density at radius 2 is 1.93 bits per heavy atom. The van der Waals surface area contributed by atoms with Crippen LogP contribution in [0.1, 0.15) is 5.76 Å². The Kier molecular flexibility index (Phi) is 6.01. The number of aliphatic hydroxyl groups excluding tert-OH is 1. The average molecular weight is 388 g/mol. The zero-order valence-electron chi connectivity index (χ0n) is 14.6. The molecule has 0 unspecified atom stereocenters. The molecular weight excluding hydrogens is 370 g/mol. The van der Waals surface area contributed by atoms with E-state index in [1.807, 2.05) is 0 Å². The number of nitrogens with one attached hydrogen (secondary N) is 1. The lowest BCUT2D eigenvalue weighted by Crippen LogP contribution is -2.20. The SMILES string of the molecule is COc1ccc(-c2ccc(CO)o2)cc1NC(=O)COc1ccc(Cl)cc1. The van der Waals surface area contributed by atoms with E-state index in [2.05, 4.69) is 5.32 Å². The molecule has 0 bridgehead atoms. The van der Waals surface area contributed by atoms with Gasteiger partial charge in [0.2, 0.25) is 0 Å². The molecule has 0 atom stereocenters. The molecule has 0 saturated heterocycles. The Balaban J connectivity index is 1.71. The van der Waals surface area contributed by atoms with E-state index in [9.17, 15) is 4.79 Å². The number of methoxy groups -OCH3 is 1. The number of rotatable bonds is 7. The summed E-state index contributed by atoms with van der Waals surface area (Å²) >= 11 is 5.82. The number of amides is 1. The molecule has 0 aliphatic rings. The lowest BCUT2D eigenvalue weighted by Gasteiger charge is -2.12. The minimum absolute atomic E-state index is 0.162. The Bertz CT molecular complexity index is 920. The molecule has 0 aliphatic carbocycles. The predicted octanol–water partition coefficient (Wildman–Crippen LogP) is 4.12. The molecule has 1 heterocycles. The highest BCUT2D eigenvalue weighted by Crippen LogP contribution is 2.31. The first-order chi connectivity index (χ1) is 13.1. The minimum atomic E-state index is -0.337. The number of hydrogen-bond donors (Lipinski definition) is 2. The molecule has 6 nitrogen and oxygen atoms in total. The van der Waals surface area contributed by atoms with Crippen LogP contribution >= 0.6 is 11.6 Å². The number of carbonyl (C=O) groups is 1. The fourth-order valence-corrected chi connectivity index (χ4v) is 2.57. The maximum atomic E-state index is 12.2. The van der Waals surface area contributed by atoms with Crippen molar-refractivity contribution >= 4 is 23.2 Å². The van der Waals surface area contributed by atoms with Crippen molar-refractivity contribution in [3.05, 3.63) is 65.4 Å². The third kappa shape index (κ3) is 4.81. The fraction of sp³-hybridized carbons (Fsp3) is 0.150. The third-order valence-electron chi connectivity index (χ3n) is 3.76. The van der Waals surface area contributed by atoms with Crippen LogP contribution in [0, 0.1) is 0 Å². The molecule has 0 fully saturated rings. The second-order valence-corrected chi connectivity index (χ2v) is 6.07. The van der Waals surface area contributed by atoms with Crippen molar-refractivity contribution in [2.45, 2.75) is 6.61 Å². The Hall–Kier alpha value is -2.96. The Morgan fingerprint density at radius 3 is 2.59 bits per heavy atom. The lowest BCUT2D eigenvalue weighted by atomic mass is 10.1. The number of furan rings is 1. The van der Waals surface area contributed by atoms with Crippen molar-refractivity contribution in [1.29, 1.82) is 0 Å². The van der Waals surface area contributed by atoms with E-state index in [0.29, 0.717) is 33.7 Å². The molecule has 140 valence electrons. The smallest absolute Gasteiger partial charge is 0.262 e. The van der Waals surface area contributed by atoms with Crippen molar-refractivity contribution in [2.75, 3.05) is 19.0 Å². The van der Waals surface area contributed by atoms with E-state index < -0.39 is 0 Å². The summed E-state index contributed by atoms with van der Waals surface area (Å²) in [5, 5.41) is 12.5. The first kappa shape index (κ1) is 18.8. The quantitative estimate of drug-likeness (QED) is 0.637. The van der Waals surface area contributed by atoms with Crippen LogP contribution in [0.3, 0.4) is 0 Å². The van der Waals surface area contributed by atoms with Crippen LogP contribution < -0.4 is 14.8 Å². The van der Waals surface area contributed by atoms with E-state index in [-0.39, 0.29) is 19.1 Å². The molecule has 2 aromatic carbocycles. The maximum absolute atomic E-state index is 12.2. The van der Waals surface area contributed by atoms with Gasteiger partial charge in [-0.2, -0.15) is 0 Å². The van der Waals surface area contributed by atoms with Gasteiger partial charge >= 0.3 is 0 Å². The van der Waals surface area contributed by atoms with Gasteiger partial charge in [-0.3, -0.25) is 4.79 Å². The summed E-state index contributed by atoms with van der Waals surface area (Å²) in [6.45, 7) is -0.341. The lowest BCUT2D eigenvalue weighted by molar-refractivity contribution is -0.118. The molecule has 0 radical (unpaired) electrons. The van der Waals surface area contributed by atoms with Gasteiger partial charge in [0, 0.05) is 10.6 Å². The third-order valence-corrected chi connectivity index (χ3v) is 4.01. The van der Waals surface area contributed by atoms with Crippen molar-refractivity contribution in [3.63, 3.8) is 0 Å². The molecular formula is C20H18ClNO5. The van der Waals surface area contributed by atoms with Crippen LogP contribution in [0.5, 0.6) is 11.5 Å². The summed E-state index contributed by atoms with van der Waals surface area (Å²) in [7, 11) is 1.52. The minimum Gasteiger partial charge on any atom is -0.495 e. The number of carbonyl (C=O) groups excluding carboxylic acids is 1. The van der Waals surface area contributed by atoms with Gasteiger partial charge in [-0.1, -0.05) is 11.6 Å². The molecule has 2 N–H and O–H groups in total. The zero-order valence-corrected chi connectivity index (χ0v) is 15.3. The van der Waals surface area contributed by atoms with Crippen molar-refractivity contribution < 1.29 is 23.8 Å². The molecule has 27 heavy (non-hydrogen) atoms. The second-order valence-electron chi connectivity index (χ2n) is 5.63. The van der Waals surface area contributed by atoms with Gasteiger partial charge in [0.1, 0.15) is 29.6 Å². The van der Waals surface area contributed by atoms with Crippen molar-refractivity contribution in [2.24, 2.45) is 0 Å². The van der Waals surface area contributed by atoms with Crippen LogP contribution in [0.15, 0.2) is 59.0 Å². The maximum Gasteiger partial charge on any atom is 0.262 e. The normalized spacial score (nSPS) is 10.5. The average Bonchev–Trinajstić information content (AvgIpc) is 3.17. The number of halogens is 1. The largest absolute Gasteiger partial charge is 0.495 e. The second kappa shape index (κ2) is 8.62. The highest BCUT2D eigenvalue weighted by molar-refractivity contribution is 6.30. The van der Waals surface area contributed by atoms with Crippen molar-refractivity contribution in [1.82, 2.24) is 0 Å². The Morgan fingerprint density at radius 1 is 1.15 bits per heavy atom. The summed E-state index contributed by atoms with van der Waals surface area (Å²) in [6, 6.07) is 15.5. The van der Waals surface area contributed by atoms with Gasteiger partial charge in [0.05, 0.1) is 12.8 Å². The van der Waals surface area contributed by atoms with Gasteiger partial charge in [-0.25, -0.2) is 0 Å². The van der Waals surface area contributed by atoms with Crippen molar-refractivity contribution in [3.8, 4) is 22.8 Å². The summed E-state index contributed by atoms with van der Waals surface area (Å²) in [4.78, 5) is 12.2. The number of aliphatic hydroxyl groups is 1.